The molecule has 2 heterocycles. The maximum absolute atomic E-state index is 14.2. The Bertz CT molecular complexity index is 1700. The number of carbonyl (C=O) groups is 1. The van der Waals surface area contributed by atoms with E-state index in [-0.39, 0.29) is 35.3 Å². The lowest BCUT2D eigenvalue weighted by molar-refractivity contribution is -0.135. The zero-order valence-corrected chi connectivity index (χ0v) is 26.5. The first-order chi connectivity index (χ1) is 21.2. The molecule has 2 fully saturated rings. The molecule has 8 heteroatoms. The summed E-state index contributed by atoms with van der Waals surface area (Å²) in [5, 5.41) is 5.01. The highest BCUT2D eigenvalue weighted by Crippen LogP contribution is 2.52. The third-order valence-corrected chi connectivity index (χ3v) is 10.5. The fourth-order valence-electron chi connectivity index (χ4n) is 6.04. The molecule has 1 amide bonds. The summed E-state index contributed by atoms with van der Waals surface area (Å²) in [6, 6.07) is 25.9. The molecule has 3 aromatic carbocycles. The quantitative estimate of drug-likeness (QED) is 0.191. The van der Waals surface area contributed by atoms with Gasteiger partial charge < -0.3 is 9.64 Å². The van der Waals surface area contributed by atoms with Gasteiger partial charge >= 0.3 is 0 Å². The van der Waals surface area contributed by atoms with Crippen LogP contribution in [0, 0.1) is 18.8 Å². The van der Waals surface area contributed by atoms with Crippen molar-refractivity contribution in [3.63, 3.8) is 0 Å². The predicted molar refractivity (Wildman–Crippen MR) is 174 cm³/mol. The second kappa shape index (κ2) is 12.6. The van der Waals surface area contributed by atoms with Crippen LogP contribution in [0.4, 0.5) is 0 Å². The first-order valence-electron chi connectivity index (χ1n) is 15.6. The van der Waals surface area contributed by atoms with Gasteiger partial charge in [-0.2, -0.15) is 5.10 Å². The molecule has 0 N–H and O–H groups in total. The number of amides is 1. The van der Waals surface area contributed by atoms with E-state index in [0.717, 1.165) is 45.8 Å². The molecule has 1 aliphatic carbocycles. The normalized spacial score (nSPS) is 20.5. The van der Waals surface area contributed by atoms with Crippen LogP contribution in [0.5, 0.6) is 5.75 Å². The number of nitrogens with zero attached hydrogens (tertiary/aromatic N) is 3. The van der Waals surface area contributed by atoms with Gasteiger partial charge in [0.2, 0.25) is 5.91 Å². The summed E-state index contributed by atoms with van der Waals surface area (Å²) in [4.78, 5) is 16.0. The molecule has 0 bridgehead atoms. The summed E-state index contributed by atoms with van der Waals surface area (Å²) < 4.78 is 32.7. The molecule has 1 saturated carbocycles. The van der Waals surface area contributed by atoms with Gasteiger partial charge in [-0.3, -0.25) is 4.79 Å². The van der Waals surface area contributed by atoms with E-state index in [1.807, 2.05) is 95.4 Å². The standard InChI is InChI=1S/C36H41N3O4S/c1-25(2)17-19-43-31-15-13-28(14-16-31)35-34(23-39(37-35)29-7-5-4-6-8-29)32-21-33(32)36(40)38(30-18-20-44(41,42)24-30)22-27-11-9-26(3)10-12-27/h4-16,23,25,30,32-33H,17-22,24H2,1-3H3. The number of aromatic nitrogens is 2. The van der Waals surface area contributed by atoms with Crippen molar-refractivity contribution in [2.75, 3.05) is 18.1 Å². The minimum Gasteiger partial charge on any atom is -0.494 e. The topological polar surface area (TPSA) is 81.5 Å². The van der Waals surface area contributed by atoms with Gasteiger partial charge in [-0.25, -0.2) is 13.1 Å². The molecule has 230 valence electrons. The molecule has 1 saturated heterocycles. The molecule has 0 spiro atoms. The Morgan fingerprint density at radius 1 is 1.02 bits per heavy atom. The summed E-state index contributed by atoms with van der Waals surface area (Å²) in [6.45, 7) is 7.50. The van der Waals surface area contributed by atoms with Crippen LogP contribution in [0.25, 0.3) is 16.9 Å². The summed E-state index contributed by atoms with van der Waals surface area (Å²) in [5.74, 6) is 1.41. The van der Waals surface area contributed by atoms with E-state index in [1.54, 1.807) is 0 Å². The third kappa shape index (κ3) is 6.91. The number of benzene rings is 3. The molecule has 7 nitrogen and oxygen atoms in total. The highest BCUT2D eigenvalue weighted by molar-refractivity contribution is 7.91. The number of para-hydroxylation sites is 1. The fourth-order valence-corrected chi connectivity index (χ4v) is 7.77. The van der Waals surface area contributed by atoms with Crippen LogP contribution in [0.1, 0.15) is 55.7 Å². The largest absolute Gasteiger partial charge is 0.494 e. The third-order valence-electron chi connectivity index (χ3n) is 8.77. The monoisotopic (exact) mass is 611 g/mol. The number of aryl methyl sites for hydroxylation is 1. The molecular formula is C36H41N3O4S. The summed E-state index contributed by atoms with van der Waals surface area (Å²) >= 11 is 0. The zero-order valence-electron chi connectivity index (χ0n) is 25.7. The summed E-state index contributed by atoms with van der Waals surface area (Å²) in [6.07, 6.45) is 4.25. The first kappa shape index (κ1) is 30.1. The minimum absolute atomic E-state index is 0.00968. The van der Waals surface area contributed by atoms with Crippen LogP contribution >= 0.6 is 0 Å². The Balaban J connectivity index is 1.27. The van der Waals surface area contributed by atoms with Gasteiger partial charge in [0.1, 0.15) is 5.75 Å². The molecule has 44 heavy (non-hydrogen) atoms. The molecule has 3 unspecified atom stereocenters. The van der Waals surface area contributed by atoms with Crippen LogP contribution in [0.15, 0.2) is 85.1 Å². The van der Waals surface area contributed by atoms with Crippen molar-refractivity contribution in [3.05, 3.63) is 102 Å². The SMILES string of the molecule is Cc1ccc(CN(C(=O)C2CC2c2cn(-c3ccccc3)nc2-c2ccc(OCCC(C)C)cc2)C2CCS(=O)(=O)C2)cc1. The van der Waals surface area contributed by atoms with Gasteiger partial charge in [0.25, 0.3) is 0 Å². The van der Waals surface area contributed by atoms with Gasteiger partial charge in [-0.15, -0.1) is 0 Å². The Labute approximate surface area is 260 Å². The van der Waals surface area contributed by atoms with Gasteiger partial charge in [-0.05, 0) is 74.1 Å². The van der Waals surface area contributed by atoms with Crippen molar-refractivity contribution < 1.29 is 17.9 Å². The molecule has 6 rings (SSSR count). The lowest BCUT2D eigenvalue weighted by Crippen LogP contribution is -2.41. The van der Waals surface area contributed by atoms with Gasteiger partial charge in [0.15, 0.2) is 9.84 Å². The van der Waals surface area contributed by atoms with E-state index in [0.29, 0.717) is 31.9 Å². The van der Waals surface area contributed by atoms with Crippen molar-refractivity contribution in [3.8, 4) is 22.7 Å². The fraction of sp³-hybridized carbons (Fsp3) is 0.389. The maximum atomic E-state index is 14.2. The maximum Gasteiger partial charge on any atom is 0.226 e. The molecular weight excluding hydrogens is 570 g/mol. The lowest BCUT2D eigenvalue weighted by atomic mass is 10.0. The van der Waals surface area contributed by atoms with Crippen LogP contribution in [-0.4, -0.2) is 53.2 Å². The number of ether oxygens (including phenoxy) is 1. The van der Waals surface area contributed by atoms with Crippen molar-refractivity contribution in [1.29, 1.82) is 0 Å². The van der Waals surface area contributed by atoms with Gasteiger partial charge in [0.05, 0.1) is 29.5 Å². The van der Waals surface area contributed by atoms with Crippen LogP contribution in [0.3, 0.4) is 0 Å². The number of hydrogen-bond donors (Lipinski definition) is 0. The first-order valence-corrected chi connectivity index (χ1v) is 17.4. The predicted octanol–water partition coefficient (Wildman–Crippen LogP) is 6.59. The zero-order chi connectivity index (χ0) is 30.8. The van der Waals surface area contributed by atoms with E-state index in [4.69, 9.17) is 9.84 Å². The van der Waals surface area contributed by atoms with E-state index in [2.05, 4.69) is 20.0 Å². The average Bonchev–Trinajstić information content (AvgIpc) is 3.54. The number of carbonyl (C=O) groups excluding carboxylic acids is 1. The highest BCUT2D eigenvalue weighted by Gasteiger charge is 2.49. The Kier molecular flexibility index (Phi) is 8.63. The molecule has 0 radical (unpaired) electrons. The Hall–Kier alpha value is -3.91. The smallest absolute Gasteiger partial charge is 0.226 e. The molecule has 3 atom stereocenters. The van der Waals surface area contributed by atoms with Crippen molar-refractivity contribution in [2.45, 2.75) is 58.5 Å². The van der Waals surface area contributed by atoms with Gasteiger partial charge in [0, 0.05) is 41.7 Å². The summed E-state index contributed by atoms with van der Waals surface area (Å²) in [7, 11) is -3.15. The van der Waals surface area contributed by atoms with Crippen molar-refractivity contribution in [2.24, 2.45) is 11.8 Å². The van der Waals surface area contributed by atoms with Crippen LogP contribution < -0.4 is 4.74 Å². The van der Waals surface area contributed by atoms with E-state index in [1.165, 1.54) is 0 Å². The number of hydrogen-bond acceptors (Lipinski definition) is 5. The minimum atomic E-state index is -3.15. The van der Waals surface area contributed by atoms with E-state index >= 15 is 0 Å². The number of rotatable bonds is 11. The summed E-state index contributed by atoms with van der Waals surface area (Å²) in [5.41, 5.74) is 5.98. The molecule has 2 aliphatic rings. The molecule has 4 aromatic rings. The van der Waals surface area contributed by atoms with E-state index in [9.17, 15) is 13.2 Å². The Morgan fingerprint density at radius 2 is 1.75 bits per heavy atom. The molecule has 1 aliphatic heterocycles. The molecule has 1 aromatic heterocycles. The van der Waals surface area contributed by atoms with Crippen LogP contribution in [-0.2, 0) is 21.2 Å². The van der Waals surface area contributed by atoms with E-state index < -0.39 is 9.84 Å². The average molecular weight is 612 g/mol. The van der Waals surface area contributed by atoms with Crippen LogP contribution in [0.2, 0.25) is 0 Å². The van der Waals surface area contributed by atoms with Crippen molar-refractivity contribution in [1.82, 2.24) is 14.7 Å². The highest BCUT2D eigenvalue weighted by atomic mass is 32.2. The number of sulfone groups is 1. The lowest BCUT2D eigenvalue weighted by Gasteiger charge is -2.29. The van der Waals surface area contributed by atoms with Crippen molar-refractivity contribution >= 4 is 15.7 Å². The van der Waals surface area contributed by atoms with Gasteiger partial charge in [-0.1, -0.05) is 61.9 Å². The Morgan fingerprint density at radius 3 is 2.41 bits per heavy atom. The second-order valence-electron chi connectivity index (χ2n) is 12.7. The second-order valence-corrected chi connectivity index (χ2v) is 15.0.